The fourth-order valence-corrected chi connectivity index (χ4v) is 4.59. The zero-order valence-corrected chi connectivity index (χ0v) is 16.5. The maximum absolute atomic E-state index is 13.0. The summed E-state index contributed by atoms with van der Waals surface area (Å²) in [5.74, 6) is 0.990. The number of hydrogen-bond acceptors (Lipinski definition) is 2. The van der Waals surface area contributed by atoms with Gasteiger partial charge in [-0.05, 0) is 30.4 Å². The van der Waals surface area contributed by atoms with E-state index < -0.39 is 0 Å². The van der Waals surface area contributed by atoms with Crippen LogP contribution in [-0.4, -0.2) is 21.1 Å². The van der Waals surface area contributed by atoms with E-state index in [1.54, 1.807) is 17.7 Å². The molecular weight excluding hydrogens is 338 g/mol. The van der Waals surface area contributed by atoms with Gasteiger partial charge in [-0.25, -0.2) is 0 Å². The second-order valence-corrected chi connectivity index (χ2v) is 8.08. The Morgan fingerprint density at radius 2 is 1.81 bits per heavy atom. The van der Waals surface area contributed by atoms with Gasteiger partial charge >= 0.3 is 0 Å². The van der Waals surface area contributed by atoms with Crippen LogP contribution in [0.1, 0.15) is 43.6 Å². The normalized spacial score (nSPS) is 23.0. The molecule has 0 spiro atoms. The van der Waals surface area contributed by atoms with Crippen molar-refractivity contribution in [2.24, 2.45) is 25.9 Å². The monoisotopic (exact) mass is 365 g/mol. The van der Waals surface area contributed by atoms with E-state index in [1.807, 2.05) is 35.9 Å². The fourth-order valence-electron chi connectivity index (χ4n) is 4.59. The zero-order chi connectivity index (χ0) is 19.3. The van der Waals surface area contributed by atoms with E-state index in [9.17, 15) is 9.59 Å². The third kappa shape index (κ3) is 2.76. The van der Waals surface area contributed by atoms with Gasteiger partial charge in [-0.2, -0.15) is 0 Å². The SMILES string of the molecule is C[C@@H]1[C@H](C)CCC[C@@H]1NC(=O)c1cc2c(=O)n(C)c3ccccc3c2n1C. The lowest BCUT2D eigenvalue weighted by molar-refractivity contribution is 0.0883. The molecule has 3 atom stereocenters. The summed E-state index contributed by atoms with van der Waals surface area (Å²) in [6, 6.07) is 9.77. The summed E-state index contributed by atoms with van der Waals surface area (Å²) in [4.78, 5) is 25.9. The Labute approximate surface area is 159 Å². The van der Waals surface area contributed by atoms with Gasteiger partial charge in [0.25, 0.3) is 11.5 Å². The first kappa shape index (κ1) is 17.8. The first-order chi connectivity index (χ1) is 12.9. The van der Waals surface area contributed by atoms with E-state index in [0.29, 0.717) is 22.9 Å². The molecule has 1 fully saturated rings. The minimum atomic E-state index is -0.0919. The van der Waals surface area contributed by atoms with Crippen molar-refractivity contribution in [3.63, 3.8) is 0 Å². The van der Waals surface area contributed by atoms with E-state index >= 15 is 0 Å². The summed E-state index contributed by atoms with van der Waals surface area (Å²) < 4.78 is 3.52. The molecule has 1 N–H and O–H groups in total. The van der Waals surface area contributed by atoms with Gasteiger partial charge in [0.15, 0.2) is 0 Å². The smallest absolute Gasteiger partial charge is 0.268 e. The second kappa shape index (κ2) is 6.55. The molecule has 0 aliphatic heterocycles. The largest absolute Gasteiger partial charge is 0.348 e. The second-order valence-electron chi connectivity index (χ2n) is 8.08. The zero-order valence-electron chi connectivity index (χ0n) is 16.5. The molecule has 1 aliphatic carbocycles. The molecule has 4 rings (SSSR count). The first-order valence-electron chi connectivity index (χ1n) is 9.78. The summed E-state index contributed by atoms with van der Waals surface area (Å²) >= 11 is 0. The van der Waals surface area contributed by atoms with Gasteiger partial charge < -0.3 is 14.5 Å². The number of nitrogens with zero attached hydrogens (tertiary/aromatic N) is 2. The Bertz CT molecular complexity index is 1090. The number of para-hydroxylation sites is 1. The maximum atomic E-state index is 13.0. The molecule has 3 aromatic rings. The van der Waals surface area contributed by atoms with Gasteiger partial charge in [0.05, 0.1) is 16.4 Å². The van der Waals surface area contributed by atoms with Crippen molar-refractivity contribution in [2.45, 2.75) is 39.2 Å². The molecule has 1 aliphatic rings. The van der Waals surface area contributed by atoms with Crippen LogP contribution in [0.5, 0.6) is 0 Å². The molecule has 0 bridgehead atoms. The number of carbonyl (C=O) groups is 1. The Hall–Kier alpha value is -2.56. The minimum absolute atomic E-state index is 0.0713. The predicted octanol–water partition coefficient (Wildman–Crippen LogP) is 3.58. The molecule has 5 heteroatoms. The Morgan fingerprint density at radius 1 is 1.07 bits per heavy atom. The van der Waals surface area contributed by atoms with Crippen molar-refractivity contribution >= 4 is 27.7 Å². The van der Waals surface area contributed by atoms with Crippen LogP contribution in [0.3, 0.4) is 0 Å². The number of carbonyl (C=O) groups excluding carboxylic acids is 1. The highest BCUT2D eigenvalue weighted by Crippen LogP contribution is 2.30. The van der Waals surface area contributed by atoms with E-state index in [4.69, 9.17) is 0 Å². The molecule has 2 heterocycles. The van der Waals surface area contributed by atoms with Crippen LogP contribution in [0.2, 0.25) is 0 Å². The van der Waals surface area contributed by atoms with E-state index in [-0.39, 0.29) is 17.5 Å². The topological polar surface area (TPSA) is 56.0 Å². The van der Waals surface area contributed by atoms with Crippen LogP contribution in [0.25, 0.3) is 21.8 Å². The first-order valence-corrected chi connectivity index (χ1v) is 9.78. The lowest BCUT2D eigenvalue weighted by Gasteiger charge is -2.34. The van der Waals surface area contributed by atoms with Crippen molar-refractivity contribution in [1.82, 2.24) is 14.5 Å². The molecule has 0 saturated heterocycles. The quantitative estimate of drug-likeness (QED) is 0.755. The molecule has 27 heavy (non-hydrogen) atoms. The van der Waals surface area contributed by atoms with E-state index in [2.05, 4.69) is 19.2 Å². The number of hydrogen-bond donors (Lipinski definition) is 1. The van der Waals surface area contributed by atoms with Gasteiger partial charge in [0, 0.05) is 25.5 Å². The number of benzene rings is 1. The van der Waals surface area contributed by atoms with Crippen molar-refractivity contribution in [3.05, 3.63) is 46.4 Å². The highest BCUT2D eigenvalue weighted by Gasteiger charge is 2.29. The lowest BCUT2D eigenvalue weighted by Crippen LogP contribution is -2.44. The lowest BCUT2D eigenvalue weighted by atomic mass is 9.78. The Kier molecular flexibility index (Phi) is 4.33. The average Bonchev–Trinajstić information content (AvgIpc) is 3.01. The summed E-state index contributed by atoms with van der Waals surface area (Å²) in [5.41, 5.74) is 2.17. The summed E-state index contributed by atoms with van der Waals surface area (Å²) in [5, 5.41) is 4.80. The third-order valence-corrected chi connectivity index (χ3v) is 6.54. The van der Waals surface area contributed by atoms with Crippen molar-refractivity contribution in [2.75, 3.05) is 0 Å². The molecule has 1 aromatic carbocycles. The van der Waals surface area contributed by atoms with Crippen LogP contribution in [0, 0.1) is 11.8 Å². The number of pyridine rings is 1. The van der Waals surface area contributed by atoms with Crippen molar-refractivity contribution < 1.29 is 4.79 Å². The fraction of sp³-hybridized carbons (Fsp3) is 0.455. The van der Waals surface area contributed by atoms with Gasteiger partial charge in [-0.3, -0.25) is 9.59 Å². The van der Waals surface area contributed by atoms with Gasteiger partial charge in [-0.1, -0.05) is 44.9 Å². The Balaban J connectivity index is 1.80. The highest BCUT2D eigenvalue weighted by atomic mass is 16.2. The molecule has 0 radical (unpaired) electrons. The van der Waals surface area contributed by atoms with Gasteiger partial charge in [0.1, 0.15) is 5.69 Å². The summed E-state index contributed by atoms with van der Waals surface area (Å²) in [6.07, 6.45) is 3.40. The number of aryl methyl sites for hydroxylation is 2. The molecule has 142 valence electrons. The van der Waals surface area contributed by atoms with Crippen LogP contribution in [-0.2, 0) is 14.1 Å². The van der Waals surface area contributed by atoms with Crippen LogP contribution < -0.4 is 10.9 Å². The summed E-state index contributed by atoms with van der Waals surface area (Å²) in [6.45, 7) is 4.48. The van der Waals surface area contributed by atoms with Crippen molar-refractivity contribution in [3.8, 4) is 0 Å². The van der Waals surface area contributed by atoms with Gasteiger partial charge in [0.2, 0.25) is 0 Å². The predicted molar refractivity (Wildman–Crippen MR) is 109 cm³/mol. The maximum Gasteiger partial charge on any atom is 0.268 e. The van der Waals surface area contributed by atoms with Crippen molar-refractivity contribution in [1.29, 1.82) is 0 Å². The molecule has 1 amide bonds. The molecule has 5 nitrogen and oxygen atoms in total. The Morgan fingerprint density at radius 3 is 2.59 bits per heavy atom. The number of aromatic nitrogens is 2. The minimum Gasteiger partial charge on any atom is -0.348 e. The number of amides is 1. The third-order valence-electron chi connectivity index (χ3n) is 6.54. The van der Waals surface area contributed by atoms with E-state index in [0.717, 1.165) is 29.3 Å². The van der Waals surface area contributed by atoms with Crippen LogP contribution in [0.15, 0.2) is 35.1 Å². The molecular formula is C22H27N3O2. The van der Waals surface area contributed by atoms with Crippen LogP contribution in [0.4, 0.5) is 0 Å². The summed E-state index contributed by atoms with van der Waals surface area (Å²) in [7, 11) is 3.65. The average molecular weight is 365 g/mol. The number of rotatable bonds is 2. The molecule has 2 aromatic heterocycles. The number of fused-ring (bicyclic) bond motifs is 3. The molecule has 1 saturated carbocycles. The molecule has 0 unspecified atom stereocenters. The van der Waals surface area contributed by atoms with Crippen LogP contribution >= 0.6 is 0 Å². The standard InChI is InChI=1S/C22H27N3O2/c1-13-8-7-10-17(14(13)2)23-21(26)19-12-16-20(24(19)3)15-9-5-6-11-18(15)25(4)22(16)27/h5-6,9,11-14,17H,7-8,10H2,1-4H3,(H,23,26)/t13-,14-,17+/m1/s1. The number of nitrogens with one attached hydrogen (secondary N) is 1. The van der Waals surface area contributed by atoms with E-state index in [1.165, 1.54) is 6.42 Å². The highest BCUT2D eigenvalue weighted by molar-refractivity contribution is 6.08. The van der Waals surface area contributed by atoms with Gasteiger partial charge in [-0.15, -0.1) is 0 Å².